The normalized spacial score (nSPS) is 22.2. The standard InChI is InChI=1S/C29H43NO3Si/c1-20(2)34(21(3)4,22(5)6)33-25-12-13-26-28(18-25)32-19-27(29(26)31)30-16-14-24(15-17-30)23-10-8-7-9-11-23/h7-13,18,20-22,24,27,29,31H,14-17,19H2,1-6H3/t27-,29+/m0/s1. The molecule has 2 atom stereocenters. The van der Waals surface area contributed by atoms with Crippen LogP contribution in [0.4, 0.5) is 0 Å². The smallest absolute Gasteiger partial charge is 0.258 e. The van der Waals surface area contributed by atoms with Crippen LogP contribution in [0.3, 0.4) is 0 Å². The third-order valence-corrected chi connectivity index (χ3v) is 14.4. The molecule has 1 saturated heterocycles. The Bertz CT molecular complexity index is 916. The number of nitrogens with zero attached hydrogens (tertiary/aromatic N) is 1. The van der Waals surface area contributed by atoms with Gasteiger partial charge in [0.05, 0.1) is 6.04 Å². The van der Waals surface area contributed by atoms with Gasteiger partial charge in [-0.15, -0.1) is 0 Å². The summed E-state index contributed by atoms with van der Waals surface area (Å²) in [5, 5.41) is 11.3. The van der Waals surface area contributed by atoms with Crippen molar-refractivity contribution >= 4 is 8.32 Å². The van der Waals surface area contributed by atoms with Crippen LogP contribution in [0.2, 0.25) is 16.6 Å². The lowest BCUT2D eigenvalue weighted by molar-refractivity contribution is -0.00673. The molecule has 0 aromatic heterocycles. The molecule has 2 aliphatic heterocycles. The predicted molar refractivity (Wildman–Crippen MR) is 142 cm³/mol. The molecular weight excluding hydrogens is 438 g/mol. The largest absolute Gasteiger partial charge is 0.543 e. The highest BCUT2D eigenvalue weighted by atomic mass is 28.4. The third-order valence-electron chi connectivity index (χ3n) is 8.35. The maximum absolute atomic E-state index is 11.3. The number of aliphatic hydroxyl groups is 1. The van der Waals surface area contributed by atoms with E-state index >= 15 is 0 Å². The minimum atomic E-state index is -2.03. The minimum Gasteiger partial charge on any atom is -0.543 e. The molecule has 2 aromatic carbocycles. The molecule has 34 heavy (non-hydrogen) atoms. The van der Waals surface area contributed by atoms with Crippen molar-refractivity contribution in [1.29, 1.82) is 0 Å². The molecule has 0 spiro atoms. The molecule has 5 heteroatoms. The van der Waals surface area contributed by atoms with E-state index < -0.39 is 14.4 Å². The molecule has 0 aliphatic carbocycles. The van der Waals surface area contributed by atoms with E-state index in [4.69, 9.17) is 9.16 Å². The molecule has 186 valence electrons. The van der Waals surface area contributed by atoms with E-state index in [-0.39, 0.29) is 6.04 Å². The van der Waals surface area contributed by atoms with Crippen molar-refractivity contribution in [2.24, 2.45) is 0 Å². The molecule has 4 nitrogen and oxygen atoms in total. The summed E-state index contributed by atoms with van der Waals surface area (Å²) in [6.45, 7) is 16.3. The van der Waals surface area contributed by atoms with Gasteiger partial charge in [-0.1, -0.05) is 71.9 Å². The van der Waals surface area contributed by atoms with Crippen molar-refractivity contribution in [3.05, 3.63) is 59.7 Å². The molecule has 2 heterocycles. The van der Waals surface area contributed by atoms with Crippen LogP contribution in [0.1, 0.15) is 77.5 Å². The molecule has 0 saturated carbocycles. The summed E-state index contributed by atoms with van der Waals surface area (Å²) in [5.41, 5.74) is 3.86. The summed E-state index contributed by atoms with van der Waals surface area (Å²) in [6.07, 6.45) is 1.71. The Morgan fingerprint density at radius 1 is 0.912 bits per heavy atom. The van der Waals surface area contributed by atoms with Gasteiger partial charge in [0.2, 0.25) is 0 Å². The zero-order valence-electron chi connectivity index (χ0n) is 21.8. The Hall–Kier alpha value is -1.82. The Balaban J connectivity index is 1.45. The third kappa shape index (κ3) is 4.80. The minimum absolute atomic E-state index is 0.00597. The fourth-order valence-corrected chi connectivity index (χ4v) is 11.8. The van der Waals surface area contributed by atoms with Gasteiger partial charge in [-0.2, -0.15) is 0 Å². The molecule has 0 unspecified atom stereocenters. The number of likely N-dealkylation sites (tertiary alicyclic amines) is 1. The van der Waals surface area contributed by atoms with Crippen molar-refractivity contribution in [2.75, 3.05) is 19.7 Å². The average molecular weight is 482 g/mol. The second-order valence-electron chi connectivity index (χ2n) is 11.2. The van der Waals surface area contributed by atoms with E-state index in [9.17, 15) is 5.11 Å². The van der Waals surface area contributed by atoms with Gasteiger partial charge >= 0.3 is 0 Å². The van der Waals surface area contributed by atoms with Gasteiger partial charge < -0.3 is 14.3 Å². The predicted octanol–water partition coefficient (Wildman–Crippen LogP) is 6.91. The SMILES string of the molecule is CC(C)[Si](Oc1ccc2c(c1)OC[C@H](N1CCC(c3ccccc3)CC1)[C@@H]2O)(C(C)C)C(C)C. The van der Waals surface area contributed by atoms with Crippen molar-refractivity contribution in [3.63, 3.8) is 0 Å². The average Bonchev–Trinajstić information content (AvgIpc) is 2.83. The van der Waals surface area contributed by atoms with E-state index in [1.807, 2.05) is 18.2 Å². The first-order chi connectivity index (χ1) is 16.2. The first-order valence-electron chi connectivity index (χ1n) is 13.2. The highest BCUT2D eigenvalue weighted by Crippen LogP contribution is 2.45. The second-order valence-corrected chi connectivity index (χ2v) is 16.5. The number of aliphatic hydroxyl groups excluding tert-OH is 1. The van der Waals surface area contributed by atoms with Crippen LogP contribution in [-0.2, 0) is 0 Å². The van der Waals surface area contributed by atoms with Gasteiger partial charge in [-0.25, -0.2) is 0 Å². The topological polar surface area (TPSA) is 41.9 Å². The lowest BCUT2D eigenvalue weighted by Gasteiger charge is -2.43. The molecule has 2 aromatic rings. The summed E-state index contributed by atoms with van der Waals surface area (Å²) < 4.78 is 13.1. The van der Waals surface area contributed by atoms with Crippen LogP contribution in [0, 0.1) is 0 Å². The van der Waals surface area contributed by atoms with E-state index in [0.29, 0.717) is 29.1 Å². The number of fused-ring (bicyclic) bond motifs is 1. The van der Waals surface area contributed by atoms with E-state index in [1.54, 1.807) is 0 Å². The molecule has 0 radical (unpaired) electrons. The van der Waals surface area contributed by atoms with Gasteiger partial charge in [-0.05, 0) is 66.2 Å². The van der Waals surface area contributed by atoms with Crippen LogP contribution in [0.15, 0.2) is 48.5 Å². The number of piperidine rings is 1. The van der Waals surface area contributed by atoms with Crippen LogP contribution in [0.5, 0.6) is 11.5 Å². The van der Waals surface area contributed by atoms with Gasteiger partial charge in [0.15, 0.2) is 0 Å². The summed E-state index contributed by atoms with van der Waals surface area (Å²) in [5.74, 6) is 2.27. The van der Waals surface area contributed by atoms with Gasteiger partial charge in [-0.3, -0.25) is 4.90 Å². The number of rotatable bonds is 7. The number of benzene rings is 2. The fourth-order valence-electron chi connectivity index (χ4n) is 6.57. The molecule has 1 fully saturated rings. The highest BCUT2D eigenvalue weighted by molar-refractivity contribution is 6.78. The van der Waals surface area contributed by atoms with Crippen molar-refractivity contribution < 1.29 is 14.3 Å². The van der Waals surface area contributed by atoms with Gasteiger partial charge in [0.25, 0.3) is 8.32 Å². The molecule has 2 aliphatic rings. The zero-order chi connectivity index (χ0) is 24.5. The quantitative estimate of drug-likeness (QED) is 0.436. The molecule has 1 N–H and O–H groups in total. The maximum atomic E-state index is 11.3. The van der Waals surface area contributed by atoms with Gasteiger partial charge in [0.1, 0.15) is 24.2 Å². The maximum Gasteiger partial charge on any atom is 0.258 e. The van der Waals surface area contributed by atoms with Crippen LogP contribution in [-0.4, -0.2) is 44.1 Å². The van der Waals surface area contributed by atoms with Crippen LogP contribution < -0.4 is 9.16 Å². The highest BCUT2D eigenvalue weighted by Gasteiger charge is 2.47. The second kappa shape index (κ2) is 10.4. The van der Waals surface area contributed by atoms with E-state index in [2.05, 4.69) is 76.8 Å². The molecule has 4 rings (SSSR count). The van der Waals surface area contributed by atoms with Gasteiger partial charge in [0, 0.05) is 11.6 Å². The Kier molecular flexibility index (Phi) is 7.75. The zero-order valence-corrected chi connectivity index (χ0v) is 22.8. The van der Waals surface area contributed by atoms with E-state index in [1.165, 1.54) is 5.56 Å². The number of ether oxygens (including phenoxy) is 1. The van der Waals surface area contributed by atoms with E-state index in [0.717, 1.165) is 43.0 Å². The van der Waals surface area contributed by atoms with Crippen molar-refractivity contribution in [2.45, 2.75) is 89.1 Å². The first-order valence-corrected chi connectivity index (χ1v) is 15.3. The molecular formula is C29H43NO3Si. The summed E-state index contributed by atoms with van der Waals surface area (Å²) >= 11 is 0. The monoisotopic (exact) mass is 481 g/mol. The summed E-state index contributed by atoms with van der Waals surface area (Å²) in [6, 6.07) is 16.9. The van der Waals surface area contributed by atoms with Crippen molar-refractivity contribution in [3.8, 4) is 11.5 Å². The molecule has 0 amide bonds. The summed E-state index contributed by atoms with van der Waals surface area (Å²) in [7, 11) is -2.03. The van der Waals surface area contributed by atoms with Crippen LogP contribution in [0.25, 0.3) is 0 Å². The fraction of sp³-hybridized carbons (Fsp3) is 0.586. The van der Waals surface area contributed by atoms with Crippen molar-refractivity contribution in [1.82, 2.24) is 4.90 Å². The number of hydrogen-bond acceptors (Lipinski definition) is 4. The summed E-state index contributed by atoms with van der Waals surface area (Å²) in [4.78, 5) is 2.42. The molecule has 0 bridgehead atoms. The Morgan fingerprint density at radius 2 is 1.53 bits per heavy atom. The first kappa shape index (κ1) is 25.3. The lowest BCUT2D eigenvalue weighted by atomic mass is 9.87. The number of hydrogen-bond donors (Lipinski definition) is 1. The Morgan fingerprint density at radius 3 is 2.12 bits per heavy atom. The van der Waals surface area contributed by atoms with Crippen LogP contribution >= 0.6 is 0 Å². The lowest BCUT2D eigenvalue weighted by Crippen LogP contribution is -2.50. The Labute approximate surface area is 207 Å².